The van der Waals surface area contributed by atoms with Crippen molar-refractivity contribution in [2.24, 2.45) is 5.92 Å². The first kappa shape index (κ1) is 21.9. The maximum absolute atomic E-state index is 13.6. The summed E-state index contributed by atoms with van der Waals surface area (Å²) in [7, 11) is 1.62. The van der Waals surface area contributed by atoms with Crippen molar-refractivity contribution in [3.63, 3.8) is 0 Å². The first-order valence-electron chi connectivity index (χ1n) is 11.4. The van der Waals surface area contributed by atoms with Crippen molar-refractivity contribution >= 4 is 28.3 Å². The van der Waals surface area contributed by atoms with Crippen molar-refractivity contribution in [3.8, 4) is 5.75 Å². The van der Waals surface area contributed by atoms with Crippen molar-refractivity contribution in [2.45, 2.75) is 6.42 Å². The fourth-order valence-corrected chi connectivity index (χ4v) is 4.39. The molecule has 1 fully saturated rings. The third-order valence-corrected chi connectivity index (χ3v) is 6.08. The minimum absolute atomic E-state index is 0.0597. The van der Waals surface area contributed by atoms with Gasteiger partial charge in [-0.05, 0) is 42.3 Å². The van der Waals surface area contributed by atoms with E-state index in [-0.39, 0.29) is 11.8 Å². The van der Waals surface area contributed by atoms with Crippen LogP contribution in [0.1, 0.15) is 15.9 Å². The first-order chi connectivity index (χ1) is 16.7. The standard InChI is InChI=1S/C26H27N5O3/c1-33-21-7-3-6-20(14-21)29-25-22(8-4-10-27-25)26(32)31-11-12-34-17-18(16-31)13-19-5-2-9-24-23(19)15-28-30-24/h2-10,14-15,18H,11-13,16-17H2,1H3,(H,27,29)(H,28,30)/t18-/m0/s1. The molecule has 174 valence electrons. The molecule has 0 radical (unpaired) electrons. The van der Waals surface area contributed by atoms with Crippen LogP contribution in [0.3, 0.4) is 0 Å². The Kier molecular flexibility index (Phi) is 6.40. The minimum atomic E-state index is -0.0597. The number of hydrogen-bond donors (Lipinski definition) is 2. The number of hydrogen-bond acceptors (Lipinski definition) is 6. The number of rotatable bonds is 6. The van der Waals surface area contributed by atoms with Gasteiger partial charge in [-0.25, -0.2) is 4.98 Å². The second-order valence-electron chi connectivity index (χ2n) is 8.40. The van der Waals surface area contributed by atoms with Gasteiger partial charge in [0.25, 0.3) is 5.91 Å². The van der Waals surface area contributed by atoms with Gasteiger partial charge < -0.3 is 19.7 Å². The minimum Gasteiger partial charge on any atom is -0.497 e. The molecule has 34 heavy (non-hydrogen) atoms. The zero-order valence-corrected chi connectivity index (χ0v) is 19.0. The number of nitrogens with one attached hydrogen (secondary N) is 2. The van der Waals surface area contributed by atoms with E-state index in [0.717, 1.165) is 28.8 Å². The van der Waals surface area contributed by atoms with Gasteiger partial charge in [0.1, 0.15) is 11.6 Å². The second kappa shape index (κ2) is 9.93. The predicted molar refractivity (Wildman–Crippen MR) is 131 cm³/mol. The lowest BCUT2D eigenvalue weighted by molar-refractivity contribution is 0.0738. The molecule has 4 aromatic rings. The van der Waals surface area contributed by atoms with E-state index in [1.54, 1.807) is 19.4 Å². The van der Waals surface area contributed by atoms with Gasteiger partial charge in [0, 0.05) is 42.3 Å². The van der Waals surface area contributed by atoms with Crippen LogP contribution in [-0.2, 0) is 11.2 Å². The highest BCUT2D eigenvalue weighted by Crippen LogP contribution is 2.25. The fourth-order valence-electron chi connectivity index (χ4n) is 4.39. The normalized spacial score (nSPS) is 16.3. The number of H-pyrrole nitrogens is 1. The maximum Gasteiger partial charge on any atom is 0.257 e. The van der Waals surface area contributed by atoms with E-state index in [1.165, 1.54) is 5.56 Å². The molecule has 1 amide bonds. The molecule has 5 rings (SSSR count). The van der Waals surface area contributed by atoms with Crippen LogP contribution >= 0.6 is 0 Å². The lowest BCUT2D eigenvalue weighted by Gasteiger charge is -2.25. The zero-order valence-electron chi connectivity index (χ0n) is 19.0. The van der Waals surface area contributed by atoms with Crippen LogP contribution in [-0.4, -0.2) is 59.4 Å². The van der Waals surface area contributed by atoms with Crippen LogP contribution in [0.4, 0.5) is 11.5 Å². The maximum atomic E-state index is 13.6. The predicted octanol–water partition coefficient (Wildman–Crippen LogP) is 4.04. The number of carbonyl (C=O) groups excluding carboxylic acids is 1. The molecule has 8 heteroatoms. The van der Waals surface area contributed by atoms with Crippen LogP contribution in [0.15, 0.2) is 67.0 Å². The molecular formula is C26H27N5O3. The Hall–Kier alpha value is -3.91. The van der Waals surface area contributed by atoms with Crippen molar-refractivity contribution in [3.05, 3.63) is 78.1 Å². The summed E-state index contributed by atoms with van der Waals surface area (Å²) >= 11 is 0. The van der Waals surface area contributed by atoms with Gasteiger partial charge in [-0.3, -0.25) is 9.89 Å². The Labute approximate surface area is 197 Å². The van der Waals surface area contributed by atoms with Crippen molar-refractivity contribution in [1.82, 2.24) is 20.1 Å². The van der Waals surface area contributed by atoms with Gasteiger partial charge in [-0.1, -0.05) is 18.2 Å². The van der Waals surface area contributed by atoms with Gasteiger partial charge >= 0.3 is 0 Å². The summed E-state index contributed by atoms with van der Waals surface area (Å²) in [5.74, 6) is 1.37. The molecule has 3 heterocycles. The van der Waals surface area contributed by atoms with E-state index in [2.05, 4.69) is 26.6 Å². The van der Waals surface area contributed by atoms with Crippen molar-refractivity contribution in [2.75, 3.05) is 38.7 Å². The van der Waals surface area contributed by atoms with E-state index in [9.17, 15) is 4.79 Å². The number of benzene rings is 2. The SMILES string of the molecule is COc1cccc(Nc2ncccc2C(=O)N2CCOC[C@@H](Cc3cccc4[nH]ncc34)C2)c1. The zero-order chi connectivity index (χ0) is 23.3. The molecule has 8 nitrogen and oxygen atoms in total. The molecule has 0 saturated carbocycles. The molecule has 2 N–H and O–H groups in total. The number of anilines is 2. The highest BCUT2D eigenvalue weighted by Gasteiger charge is 2.26. The average Bonchev–Trinajstić information content (AvgIpc) is 3.24. The number of ether oxygens (including phenoxy) is 2. The summed E-state index contributed by atoms with van der Waals surface area (Å²) in [4.78, 5) is 19.9. The Morgan fingerprint density at radius 1 is 1.24 bits per heavy atom. The topological polar surface area (TPSA) is 92.4 Å². The molecule has 0 aliphatic carbocycles. The van der Waals surface area contributed by atoms with Crippen LogP contribution in [0.25, 0.3) is 10.9 Å². The Morgan fingerprint density at radius 2 is 2.15 bits per heavy atom. The monoisotopic (exact) mass is 457 g/mol. The largest absolute Gasteiger partial charge is 0.497 e. The van der Waals surface area contributed by atoms with Crippen LogP contribution in [0.5, 0.6) is 5.75 Å². The van der Waals surface area contributed by atoms with Gasteiger partial charge in [-0.15, -0.1) is 0 Å². The first-order valence-corrected chi connectivity index (χ1v) is 11.4. The lowest BCUT2D eigenvalue weighted by atomic mass is 9.97. The lowest BCUT2D eigenvalue weighted by Crippen LogP contribution is -2.36. The quantitative estimate of drug-likeness (QED) is 0.454. The summed E-state index contributed by atoms with van der Waals surface area (Å²) in [6.07, 6.45) is 4.35. The molecule has 1 aliphatic rings. The third-order valence-electron chi connectivity index (χ3n) is 6.08. The van der Waals surface area contributed by atoms with E-state index in [1.807, 2.05) is 53.6 Å². The Bertz CT molecular complexity index is 1290. The fraction of sp³-hybridized carbons (Fsp3) is 0.269. The van der Waals surface area contributed by atoms with Gasteiger partial charge in [0.15, 0.2) is 0 Å². The molecule has 1 atom stereocenters. The highest BCUT2D eigenvalue weighted by atomic mass is 16.5. The van der Waals surface area contributed by atoms with E-state index in [0.29, 0.717) is 37.7 Å². The summed E-state index contributed by atoms with van der Waals surface area (Å²) in [6.45, 7) is 2.27. The van der Waals surface area contributed by atoms with E-state index in [4.69, 9.17) is 9.47 Å². The van der Waals surface area contributed by atoms with Crippen molar-refractivity contribution in [1.29, 1.82) is 0 Å². The average molecular weight is 458 g/mol. The summed E-state index contributed by atoms with van der Waals surface area (Å²) in [6, 6.07) is 17.3. The van der Waals surface area contributed by atoms with Crippen LogP contribution in [0.2, 0.25) is 0 Å². The molecule has 2 aromatic heterocycles. The number of pyridine rings is 1. The number of fused-ring (bicyclic) bond motifs is 1. The molecular weight excluding hydrogens is 430 g/mol. The highest BCUT2D eigenvalue weighted by molar-refractivity contribution is 5.99. The number of methoxy groups -OCH3 is 1. The van der Waals surface area contributed by atoms with Gasteiger partial charge in [-0.2, -0.15) is 5.10 Å². The molecule has 2 aromatic carbocycles. The molecule has 1 saturated heterocycles. The van der Waals surface area contributed by atoms with Gasteiger partial charge in [0.2, 0.25) is 0 Å². The van der Waals surface area contributed by atoms with Gasteiger partial charge in [0.05, 0.1) is 37.6 Å². The summed E-state index contributed by atoms with van der Waals surface area (Å²) in [5.41, 5.74) is 3.56. The Morgan fingerprint density at radius 3 is 3.06 bits per heavy atom. The number of amides is 1. The smallest absolute Gasteiger partial charge is 0.257 e. The molecule has 0 spiro atoms. The van der Waals surface area contributed by atoms with Crippen molar-refractivity contribution < 1.29 is 14.3 Å². The van der Waals surface area contributed by atoms with Crippen LogP contribution < -0.4 is 10.1 Å². The number of aromatic nitrogens is 3. The van der Waals surface area contributed by atoms with E-state index < -0.39 is 0 Å². The summed E-state index contributed by atoms with van der Waals surface area (Å²) in [5, 5.41) is 11.6. The molecule has 0 unspecified atom stereocenters. The Balaban J connectivity index is 1.35. The van der Waals surface area contributed by atoms with E-state index >= 15 is 0 Å². The number of nitrogens with zero attached hydrogens (tertiary/aromatic N) is 3. The third kappa shape index (κ3) is 4.72. The number of aromatic amines is 1. The number of carbonyl (C=O) groups is 1. The van der Waals surface area contributed by atoms with Crippen LogP contribution in [0, 0.1) is 5.92 Å². The summed E-state index contributed by atoms with van der Waals surface area (Å²) < 4.78 is 11.2. The molecule has 1 aliphatic heterocycles. The second-order valence-corrected chi connectivity index (χ2v) is 8.40. The molecule has 0 bridgehead atoms.